The number of thioether (sulfide) groups is 1. The number of nitrogens with zero attached hydrogens (tertiary/aromatic N) is 1. The van der Waals surface area contributed by atoms with Crippen molar-refractivity contribution < 1.29 is 14.3 Å². The molecule has 29 heavy (non-hydrogen) atoms. The standard InChI is InChI=1S/C21H21N3O3S2/c1-3-22-17(25)13-28-21-23-18(14-8-5-4-6-9-14)20(29-21)24-19(26)15-10-7-11-16(12-15)27-2/h4-12H,3,13H2,1-2H3,(H,22,25)(H,24,26). The number of methoxy groups -OCH3 is 1. The van der Waals surface area contributed by atoms with Crippen molar-refractivity contribution in [3.8, 4) is 17.0 Å². The molecule has 3 aromatic rings. The number of hydrogen-bond donors (Lipinski definition) is 2. The Bertz CT molecular complexity index is 990. The number of hydrogen-bond acceptors (Lipinski definition) is 6. The molecule has 2 aromatic carbocycles. The maximum atomic E-state index is 12.8. The molecule has 0 aliphatic rings. The van der Waals surface area contributed by atoms with Crippen LogP contribution in [0.25, 0.3) is 11.3 Å². The van der Waals surface area contributed by atoms with Crippen LogP contribution in [0.5, 0.6) is 5.75 Å². The molecular formula is C21H21N3O3S2. The topological polar surface area (TPSA) is 80.3 Å². The number of nitrogens with one attached hydrogen (secondary N) is 2. The Kier molecular flexibility index (Phi) is 7.26. The second-order valence-corrected chi connectivity index (χ2v) is 8.17. The van der Waals surface area contributed by atoms with Gasteiger partial charge >= 0.3 is 0 Å². The first-order valence-electron chi connectivity index (χ1n) is 9.02. The quantitative estimate of drug-likeness (QED) is 0.524. The number of aromatic nitrogens is 1. The summed E-state index contributed by atoms with van der Waals surface area (Å²) in [5.74, 6) is 0.600. The predicted octanol–water partition coefficient (Wildman–Crippen LogP) is 4.30. The molecule has 0 aliphatic carbocycles. The van der Waals surface area contributed by atoms with Gasteiger partial charge in [-0.2, -0.15) is 0 Å². The molecule has 3 rings (SSSR count). The van der Waals surface area contributed by atoms with Crippen molar-refractivity contribution in [2.24, 2.45) is 0 Å². The lowest BCUT2D eigenvalue weighted by atomic mass is 10.1. The molecule has 0 atom stereocenters. The summed E-state index contributed by atoms with van der Waals surface area (Å²) in [6.45, 7) is 2.47. The second kappa shape index (κ2) is 10.1. The molecule has 0 saturated carbocycles. The van der Waals surface area contributed by atoms with Crippen LogP contribution >= 0.6 is 23.1 Å². The summed E-state index contributed by atoms with van der Waals surface area (Å²) in [7, 11) is 1.56. The number of anilines is 1. The third kappa shape index (κ3) is 5.58. The lowest BCUT2D eigenvalue weighted by Crippen LogP contribution is -2.24. The van der Waals surface area contributed by atoms with E-state index in [-0.39, 0.29) is 17.6 Å². The zero-order valence-electron chi connectivity index (χ0n) is 16.1. The highest BCUT2D eigenvalue weighted by molar-refractivity contribution is 8.01. The van der Waals surface area contributed by atoms with Crippen molar-refractivity contribution >= 4 is 39.9 Å². The fraction of sp³-hybridized carbons (Fsp3) is 0.190. The molecule has 0 fully saturated rings. The van der Waals surface area contributed by atoms with E-state index < -0.39 is 0 Å². The normalized spacial score (nSPS) is 10.4. The molecule has 0 spiro atoms. The minimum absolute atomic E-state index is 0.0454. The van der Waals surface area contributed by atoms with Crippen LogP contribution in [-0.2, 0) is 4.79 Å². The van der Waals surface area contributed by atoms with E-state index in [0.29, 0.717) is 28.6 Å². The molecule has 8 heteroatoms. The maximum Gasteiger partial charge on any atom is 0.256 e. The molecule has 0 saturated heterocycles. The van der Waals surface area contributed by atoms with Crippen LogP contribution in [0.2, 0.25) is 0 Å². The van der Waals surface area contributed by atoms with Gasteiger partial charge in [0.25, 0.3) is 5.91 Å². The van der Waals surface area contributed by atoms with Crippen LogP contribution in [-0.4, -0.2) is 36.2 Å². The number of carbonyl (C=O) groups is 2. The van der Waals surface area contributed by atoms with E-state index in [4.69, 9.17) is 4.74 Å². The van der Waals surface area contributed by atoms with Gasteiger partial charge in [-0.3, -0.25) is 9.59 Å². The number of amides is 2. The highest BCUT2D eigenvalue weighted by Crippen LogP contribution is 2.37. The molecule has 1 heterocycles. The van der Waals surface area contributed by atoms with Gasteiger partial charge in [0.05, 0.1) is 12.9 Å². The van der Waals surface area contributed by atoms with Gasteiger partial charge in [0.15, 0.2) is 4.34 Å². The summed E-state index contributed by atoms with van der Waals surface area (Å²) >= 11 is 2.71. The molecule has 0 radical (unpaired) electrons. The molecule has 2 N–H and O–H groups in total. The Morgan fingerprint density at radius 2 is 1.93 bits per heavy atom. The Balaban J connectivity index is 1.85. The summed E-state index contributed by atoms with van der Waals surface area (Å²) in [5, 5.41) is 6.37. The van der Waals surface area contributed by atoms with Gasteiger partial charge in [-0.05, 0) is 25.1 Å². The van der Waals surface area contributed by atoms with Crippen LogP contribution in [0.1, 0.15) is 17.3 Å². The van der Waals surface area contributed by atoms with E-state index in [0.717, 1.165) is 9.90 Å². The molecule has 0 bridgehead atoms. The van der Waals surface area contributed by atoms with Crippen LogP contribution < -0.4 is 15.4 Å². The van der Waals surface area contributed by atoms with Gasteiger partial charge < -0.3 is 15.4 Å². The van der Waals surface area contributed by atoms with Crippen molar-refractivity contribution in [2.75, 3.05) is 24.7 Å². The Labute approximate surface area is 177 Å². The fourth-order valence-corrected chi connectivity index (χ4v) is 4.44. The summed E-state index contributed by atoms with van der Waals surface area (Å²) in [6.07, 6.45) is 0. The summed E-state index contributed by atoms with van der Waals surface area (Å²) < 4.78 is 5.91. The first kappa shape index (κ1) is 20.9. The van der Waals surface area contributed by atoms with E-state index in [2.05, 4.69) is 15.6 Å². The smallest absolute Gasteiger partial charge is 0.256 e. The molecule has 0 aliphatic heterocycles. The van der Waals surface area contributed by atoms with Crippen molar-refractivity contribution in [1.29, 1.82) is 0 Å². The minimum Gasteiger partial charge on any atom is -0.497 e. The van der Waals surface area contributed by atoms with E-state index in [1.165, 1.54) is 23.1 Å². The van der Waals surface area contributed by atoms with E-state index in [9.17, 15) is 9.59 Å². The minimum atomic E-state index is -0.245. The largest absolute Gasteiger partial charge is 0.497 e. The highest BCUT2D eigenvalue weighted by atomic mass is 32.2. The number of rotatable bonds is 8. The first-order chi connectivity index (χ1) is 14.1. The van der Waals surface area contributed by atoms with Gasteiger partial charge in [-0.1, -0.05) is 59.5 Å². The molecule has 0 unspecified atom stereocenters. The number of carbonyl (C=O) groups excluding carboxylic acids is 2. The van der Waals surface area contributed by atoms with Gasteiger partial charge in [-0.25, -0.2) is 4.98 Å². The molecule has 6 nitrogen and oxygen atoms in total. The highest BCUT2D eigenvalue weighted by Gasteiger charge is 2.17. The van der Waals surface area contributed by atoms with Crippen molar-refractivity contribution in [3.05, 3.63) is 60.2 Å². The average molecular weight is 428 g/mol. The summed E-state index contributed by atoms with van der Waals surface area (Å²) in [6, 6.07) is 16.6. The maximum absolute atomic E-state index is 12.8. The van der Waals surface area contributed by atoms with Crippen LogP contribution in [0.4, 0.5) is 5.00 Å². The Morgan fingerprint density at radius 1 is 1.14 bits per heavy atom. The van der Waals surface area contributed by atoms with E-state index in [1.54, 1.807) is 31.4 Å². The Hall–Kier alpha value is -2.84. The summed E-state index contributed by atoms with van der Waals surface area (Å²) in [4.78, 5) is 29.2. The monoisotopic (exact) mass is 427 g/mol. The van der Waals surface area contributed by atoms with Gasteiger partial charge in [0.2, 0.25) is 5.91 Å². The summed E-state index contributed by atoms with van der Waals surface area (Å²) in [5.41, 5.74) is 2.08. The zero-order chi connectivity index (χ0) is 20.6. The van der Waals surface area contributed by atoms with Crippen LogP contribution in [0.3, 0.4) is 0 Å². The Morgan fingerprint density at radius 3 is 2.66 bits per heavy atom. The molecule has 150 valence electrons. The first-order valence-corrected chi connectivity index (χ1v) is 10.8. The number of ether oxygens (including phenoxy) is 1. The lowest BCUT2D eigenvalue weighted by molar-refractivity contribution is -0.118. The third-order valence-corrected chi connectivity index (χ3v) is 6.03. The number of thiazole rings is 1. The van der Waals surface area contributed by atoms with Gasteiger partial charge in [0, 0.05) is 17.7 Å². The lowest BCUT2D eigenvalue weighted by Gasteiger charge is -2.06. The SMILES string of the molecule is CCNC(=O)CSc1nc(-c2ccccc2)c(NC(=O)c2cccc(OC)c2)s1. The van der Waals surface area contributed by atoms with Crippen LogP contribution in [0.15, 0.2) is 58.9 Å². The molecular weight excluding hydrogens is 406 g/mol. The molecule has 2 amide bonds. The predicted molar refractivity (Wildman–Crippen MR) is 118 cm³/mol. The average Bonchev–Trinajstić information content (AvgIpc) is 3.15. The van der Waals surface area contributed by atoms with Crippen molar-refractivity contribution in [1.82, 2.24) is 10.3 Å². The zero-order valence-corrected chi connectivity index (χ0v) is 17.7. The number of benzene rings is 2. The van der Waals surface area contributed by atoms with Crippen molar-refractivity contribution in [2.45, 2.75) is 11.3 Å². The fourth-order valence-electron chi connectivity index (χ4n) is 2.55. The van der Waals surface area contributed by atoms with Crippen LogP contribution in [0, 0.1) is 0 Å². The van der Waals surface area contributed by atoms with E-state index >= 15 is 0 Å². The van der Waals surface area contributed by atoms with E-state index in [1.807, 2.05) is 37.3 Å². The third-order valence-electron chi connectivity index (χ3n) is 3.91. The molecule has 1 aromatic heterocycles. The second-order valence-electron chi connectivity index (χ2n) is 5.95. The van der Waals surface area contributed by atoms with Gasteiger partial charge in [0.1, 0.15) is 16.4 Å². The van der Waals surface area contributed by atoms with Gasteiger partial charge in [-0.15, -0.1) is 0 Å². The van der Waals surface area contributed by atoms with Crippen molar-refractivity contribution in [3.63, 3.8) is 0 Å².